The van der Waals surface area contributed by atoms with Gasteiger partial charge in [-0.3, -0.25) is 9.80 Å². The second-order valence-electron chi connectivity index (χ2n) is 7.67. The van der Waals surface area contributed by atoms with Crippen LogP contribution >= 0.6 is 0 Å². The van der Waals surface area contributed by atoms with Crippen LogP contribution in [0.3, 0.4) is 0 Å². The molecule has 0 aromatic carbocycles. The van der Waals surface area contributed by atoms with Crippen molar-refractivity contribution in [1.82, 2.24) is 9.80 Å². The summed E-state index contributed by atoms with van der Waals surface area (Å²) in [6, 6.07) is 5.31. The summed E-state index contributed by atoms with van der Waals surface area (Å²) in [5.74, 6) is 1.79. The Morgan fingerprint density at radius 3 is 2.17 bits per heavy atom. The molecule has 4 nitrogen and oxygen atoms in total. The van der Waals surface area contributed by atoms with Gasteiger partial charge in [0.25, 0.3) is 0 Å². The van der Waals surface area contributed by atoms with E-state index < -0.39 is 0 Å². The van der Waals surface area contributed by atoms with Gasteiger partial charge in [0, 0.05) is 45.2 Å². The molecule has 0 unspecified atom stereocenters. The normalized spacial score (nSPS) is 28.2. The van der Waals surface area contributed by atoms with Crippen LogP contribution in [-0.4, -0.2) is 48.6 Å². The van der Waals surface area contributed by atoms with Crippen molar-refractivity contribution in [3.8, 4) is 12.1 Å². The van der Waals surface area contributed by atoms with Gasteiger partial charge in [-0.15, -0.1) is 0 Å². The summed E-state index contributed by atoms with van der Waals surface area (Å²) in [6.45, 7) is 10.0. The highest BCUT2D eigenvalue weighted by Crippen LogP contribution is 2.32. The van der Waals surface area contributed by atoms with Crippen molar-refractivity contribution in [2.75, 3.05) is 32.7 Å². The van der Waals surface area contributed by atoms with Gasteiger partial charge in [0.2, 0.25) is 0 Å². The van der Waals surface area contributed by atoms with Crippen molar-refractivity contribution < 1.29 is 0 Å². The van der Waals surface area contributed by atoms with E-state index in [1.807, 2.05) is 0 Å². The van der Waals surface area contributed by atoms with E-state index in [9.17, 15) is 5.26 Å². The summed E-state index contributed by atoms with van der Waals surface area (Å²) in [4.78, 5) is 5.10. The standard InChI is InChI=1S/C19H32N4/c1-16(2)18-5-7-19(8-6-18)23-12-10-22(11-13-23)15-17(14-21)4-3-9-20/h16-19H,3-8,10-13,15H2,1-2H3/t17-,18?,19?/m1/s1. The Kier molecular flexibility index (Phi) is 7.34. The summed E-state index contributed by atoms with van der Waals surface area (Å²) in [6.07, 6.45) is 6.74. The van der Waals surface area contributed by atoms with Crippen LogP contribution in [0, 0.1) is 40.4 Å². The third-order valence-electron chi connectivity index (χ3n) is 5.87. The molecule has 0 aromatic heterocycles. The van der Waals surface area contributed by atoms with Crippen LogP contribution in [0.5, 0.6) is 0 Å². The van der Waals surface area contributed by atoms with Crippen LogP contribution in [-0.2, 0) is 0 Å². The average Bonchev–Trinajstić information content (AvgIpc) is 2.59. The van der Waals surface area contributed by atoms with Crippen molar-refractivity contribution in [3.05, 3.63) is 0 Å². The monoisotopic (exact) mass is 316 g/mol. The number of hydrogen-bond acceptors (Lipinski definition) is 4. The van der Waals surface area contributed by atoms with E-state index in [2.05, 4.69) is 35.8 Å². The van der Waals surface area contributed by atoms with Crippen LogP contribution in [0.2, 0.25) is 0 Å². The predicted octanol–water partition coefficient (Wildman–Crippen LogP) is 3.26. The Balaban J connectivity index is 1.70. The minimum atomic E-state index is 0.0164. The number of hydrogen-bond donors (Lipinski definition) is 0. The number of piperazine rings is 1. The van der Waals surface area contributed by atoms with Crippen LogP contribution in [0.25, 0.3) is 0 Å². The molecule has 2 fully saturated rings. The van der Waals surface area contributed by atoms with E-state index in [-0.39, 0.29) is 5.92 Å². The lowest BCUT2D eigenvalue weighted by atomic mass is 9.79. The van der Waals surface area contributed by atoms with Gasteiger partial charge in [0.1, 0.15) is 0 Å². The predicted molar refractivity (Wildman–Crippen MR) is 92.5 cm³/mol. The Bertz CT molecular complexity index is 418. The number of rotatable bonds is 6. The van der Waals surface area contributed by atoms with Crippen LogP contribution in [0.15, 0.2) is 0 Å². The topological polar surface area (TPSA) is 54.1 Å². The lowest BCUT2D eigenvalue weighted by molar-refractivity contribution is 0.0616. The molecule has 2 aliphatic rings. The summed E-state index contributed by atoms with van der Waals surface area (Å²) in [5, 5.41) is 17.9. The van der Waals surface area contributed by atoms with Gasteiger partial charge < -0.3 is 0 Å². The first kappa shape index (κ1) is 18.2. The molecule has 1 saturated heterocycles. The van der Waals surface area contributed by atoms with Gasteiger partial charge in [0.15, 0.2) is 0 Å². The van der Waals surface area contributed by atoms with E-state index in [4.69, 9.17) is 5.26 Å². The zero-order valence-electron chi connectivity index (χ0n) is 14.9. The lowest BCUT2D eigenvalue weighted by Crippen LogP contribution is -2.52. The zero-order chi connectivity index (χ0) is 16.7. The molecule has 128 valence electrons. The van der Waals surface area contributed by atoms with E-state index in [1.54, 1.807) is 0 Å². The fourth-order valence-electron chi connectivity index (χ4n) is 4.19. The Morgan fingerprint density at radius 2 is 1.65 bits per heavy atom. The minimum absolute atomic E-state index is 0.0164. The maximum absolute atomic E-state index is 9.21. The summed E-state index contributed by atoms with van der Waals surface area (Å²) < 4.78 is 0. The Labute approximate surface area is 142 Å². The van der Waals surface area contributed by atoms with Crippen molar-refractivity contribution in [1.29, 1.82) is 10.5 Å². The Hall–Kier alpha value is -1.10. The van der Waals surface area contributed by atoms with Crippen molar-refractivity contribution in [2.24, 2.45) is 17.8 Å². The molecule has 1 atom stereocenters. The summed E-state index contributed by atoms with van der Waals surface area (Å²) in [5.41, 5.74) is 0. The molecule has 23 heavy (non-hydrogen) atoms. The SMILES string of the molecule is CC(C)C1CCC(N2CCN(C[C@@H](C#N)CCC#N)CC2)CC1. The first-order valence-electron chi connectivity index (χ1n) is 9.37. The maximum Gasteiger partial charge on any atom is 0.0669 e. The van der Waals surface area contributed by atoms with Gasteiger partial charge in [-0.2, -0.15) is 10.5 Å². The molecule has 0 N–H and O–H groups in total. The fourth-order valence-corrected chi connectivity index (χ4v) is 4.19. The Morgan fingerprint density at radius 1 is 1.00 bits per heavy atom. The van der Waals surface area contributed by atoms with Gasteiger partial charge in [-0.05, 0) is 43.9 Å². The number of nitrogens with zero attached hydrogens (tertiary/aromatic N) is 4. The molecule has 0 aromatic rings. The van der Waals surface area contributed by atoms with Crippen LogP contribution < -0.4 is 0 Å². The lowest BCUT2D eigenvalue weighted by Gasteiger charge is -2.42. The van der Waals surface area contributed by atoms with E-state index in [1.165, 1.54) is 25.7 Å². The highest BCUT2D eigenvalue weighted by atomic mass is 15.3. The molecule has 0 amide bonds. The van der Waals surface area contributed by atoms with Crippen molar-refractivity contribution in [3.63, 3.8) is 0 Å². The first-order valence-corrected chi connectivity index (χ1v) is 9.37. The van der Waals surface area contributed by atoms with Gasteiger partial charge >= 0.3 is 0 Å². The second kappa shape index (κ2) is 9.26. The van der Waals surface area contributed by atoms with Gasteiger partial charge in [-0.25, -0.2) is 0 Å². The minimum Gasteiger partial charge on any atom is -0.299 e. The quantitative estimate of drug-likeness (QED) is 0.755. The van der Waals surface area contributed by atoms with Crippen molar-refractivity contribution >= 4 is 0 Å². The molecule has 0 bridgehead atoms. The van der Waals surface area contributed by atoms with Crippen LogP contribution in [0.4, 0.5) is 0 Å². The fraction of sp³-hybridized carbons (Fsp3) is 0.895. The highest BCUT2D eigenvalue weighted by molar-refractivity contribution is 4.90. The molecule has 1 aliphatic heterocycles. The molecule has 0 radical (unpaired) electrons. The smallest absolute Gasteiger partial charge is 0.0669 e. The zero-order valence-corrected chi connectivity index (χ0v) is 14.9. The van der Waals surface area contributed by atoms with Gasteiger partial charge in [0.05, 0.1) is 18.1 Å². The van der Waals surface area contributed by atoms with Crippen LogP contribution in [0.1, 0.15) is 52.4 Å². The largest absolute Gasteiger partial charge is 0.299 e. The van der Waals surface area contributed by atoms with Crippen molar-refractivity contribution in [2.45, 2.75) is 58.4 Å². The van der Waals surface area contributed by atoms with E-state index in [0.717, 1.165) is 50.6 Å². The summed E-state index contributed by atoms with van der Waals surface area (Å²) >= 11 is 0. The maximum atomic E-state index is 9.21. The first-order chi connectivity index (χ1) is 11.1. The molecule has 4 heteroatoms. The third-order valence-corrected chi connectivity index (χ3v) is 5.87. The average molecular weight is 316 g/mol. The third kappa shape index (κ3) is 5.48. The molecule has 1 saturated carbocycles. The molecule has 0 spiro atoms. The molecule has 2 rings (SSSR count). The molecule has 1 heterocycles. The van der Waals surface area contributed by atoms with E-state index >= 15 is 0 Å². The molecule has 1 aliphatic carbocycles. The summed E-state index contributed by atoms with van der Waals surface area (Å²) in [7, 11) is 0. The number of nitriles is 2. The second-order valence-corrected chi connectivity index (χ2v) is 7.67. The molecular weight excluding hydrogens is 284 g/mol. The molecular formula is C19H32N4. The van der Waals surface area contributed by atoms with Gasteiger partial charge in [-0.1, -0.05) is 13.8 Å². The van der Waals surface area contributed by atoms with E-state index in [0.29, 0.717) is 12.8 Å². The highest BCUT2D eigenvalue weighted by Gasteiger charge is 2.29.